The fourth-order valence-corrected chi connectivity index (χ4v) is 4.89. The Bertz CT molecular complexity index is 1070. The number of carbonyl (C=O) groups excluding carboxylic acids is 1. The van der Waals surface area contributed by atoms with Crippen LogP contribution in [0.1, 0.15) is 12.5 Å². The summed E-state index contributed by atoms with van der Waals surface area (Å²) in [7, 11) is 2.01. The number of benzene rings is 2. The Morgan fingerprint density at radius 3 is 2.94 bits per heavy atom. The van der Waals surface area contributed by atoms with Crippen LogP contribution >= 0.6 is 11.8 Å². The maximum atomic E-state index is 12.5. The lowest BCUT2D eigenvalue weighted by atomic mass is 10.1. The molecular weight excluding hydrogens is 412 g/mol. The summed E-state index contributed by atoms with van der Waals surface area (Å²) in [6.45, 7) is 3.78. The molecule has 2 atom stereocenters. The van der Waals surface area contributed by atoms with E-state index in [0.29, 0.717) is 12.3 Å². The van der Waals surface area contributed by atoms with Crippen LogP contribution in [0, 0.1) is 0 Å². The van der Waals surface area contributed by atoms with Gasteiger partial charge in [0.2, 0.25) is 6.23 Å². The van der Waals surface area contributed by atoms with Gasteiger partial charge in [-0.25, -0.2) is 5.32 Å². The molecule has 5 rings (SSSR count). The SMILES string of the molecule is CC(=O)C(NC1CN(C)c2ccccc2O1)Oc1ccccc1C1=CSC2=NCCN12. The Morgan fingerprint density at radius 2 is 2.06 bits per heavy atom. The average molecular weight is 437 g/mol. The number of ketones is 1. The monoisotopic (exact) mass is 436 g/mol. The van der Waals surface area contributed by atoms with Crippen molar-refractivity contribution in [3.63, 3.8) is 0 Å². The van der Waals surface area contributed by atoms with Crippen LogP contribution in [0.25, 0.3) is 5.70 Å². The summed E-state index contributed by atoms with van der Waals surface area (Å²) >= 11 is 1.62. The molecule has 2 aromatic carbocycles. The largest absolute Gasteiger partial charge is 0.471 e. The minimum Gasteiger partial charge on any atom is -0.471 e. The fraction of sp³-hybridized carbons (Fsp3) is 0.304. The van der Waals surface area contributed by atoms with Crippen molar-refractivity contribution in [1.82, 2.24) is 10.2 Å². The van der Waals surface area contributed by atoms with E-state index in [4.69, 9.17) is 9.47 Å². The molecule has 2 unspecified atom stereocenters. The van der Waals surface area contributed by atoms with Crippen LogP contribution in [0.4, 0.5) is 5.69 Å². The number of Topliss-reactive ketones (excluding diaryl/α,β-unsaturated/α-hetero) is 1. The Labute approximate surface area is 185 Å². The maximum absolute atomic E-state index is 12.5. The number of nitrogens with one attached hydrogen (secondary N) is 1. The number of hydrogen-bond donors (Lipinski definition) is 1. The highest BCUT2D eigenvalue weighted by molar-refractivity contribution is 8.16. The molecule has 0 radical (unpaired) electrons. The second-order valence-electron chi connectivity index (χ2n) is 7.66. The van der Waals surface area contributed by atoms with Gasteiger partial charge in [-0.1, -0.05) is 36.0 Å². The first-order valence-corrected chi connectivity index (χ1v) is 11.2. The van der Waals surface area contributed by atoms with Crippen molar-refractivity contribution in [3.8, 4) is 11.5 Å². The first-order chi connectivity index (χ1) is 15.1. The normalized spacial score (nSPS) is 20.4. The zero-order chi connectivity index (χ0) is 21.4. The van der Waals surface area contributed by atoms with Crippen LogP contribution in [0.3, 0.4) is 0 Å². The third kappa shape index (κ3) is 3.88. The van der Waals surface area contributed by atoms with E-state index in [1.807, 2.05) is 55.6 Å². The average Bonchev–Trinajstić information content (AvgIpc) is 3.38. The van der Waals surface area contributed by atoms with Crippen molar-refractivity contribution < 1.29 is 14.3 Å². The van der Waals surface area contributed by atoms with Crippen molar-refractivity contribution in [2.45, 2.75) is 19.4 Å². The second-order valence-corrected chi connectivity index (χ2v) is 8.50. The summed E-state index contributed by atoms with van der Waals surface area (Å²) in [5.74, 6) is 1.32. The van der Waals surface area contributed by atoms with Crippen LogP contribution in [0.2, 0.25) is 0 Å². The third-order valence-electron chi connectivity index (χ3n) is 5.47. The van der Waals surface area contributed by atoms with Gasteiger partial charge in [0.25, 0.3) is 0 Å². The fourth-order valence-electron chi connectivity index (χ4n) is 3.94. The molecule has 0 bridgehead atoms. The van der Waals surface area contributed by atoms with Crippen molar-refractivity contribution in [1.29, 1.82) is 0 Å². The first kappa shape index (κ1) is 20.0. The molecule has 0 saturated carbocycles. The number of amidine groups is 1. The number of aliphatic imine (C=N–C) groups is 1. The number of carbonyl (C=O) groups is 1. The van der Waals surface area contributed by atoms with Crippen LogP contribution in [0.15, 0.2) is 58.9 Å². The third-order valence-corrected chi connectivity index (χ3v) is 6.37. The molecule has 0 aromatic heterocycles. The zero-order valence-electron chi connectivity index (χ0n) is 17.4. The molecule has 3 heterocycles. The minimum atomic E-state index is -0.828. The maximum Gasteiger partial charge on any atom is 0.212 e. The Morgan fingerprint density at radius 1 is 1.26 bits per heavy atom. The molecule has 0 spiro atoms. The van der Waals surface area contributed by atoms with Crippen LogP contribution in [0.5, 0.6) is 11.5 Å². The number of ether oxygens (including phenoxy) is 2. The summed E-state index contributed by atoms with van der Waals surface area (Å²) in [6.07, 6.45) is -1.20. The highest BCUT2D eigenvalue weighted by atomic mass is 32.2. The first-order valence-electron chi connectivity index (χ1n) is 10.3. The van der Waals surface area contributed by atoms with Crippen molar-refractivity contribution in [3.05, 3.63) is 59.5 Å². The molecule has 0 amide bonds. The lowest BCUT2D eigenvalue weighted by Gasteiger charge is -2.35. The predicted molar refractivity (Wildman–Crippen MR) is 123 cm³/mol. The number of para-hydroxylation sites is 3. The van der Waals surface area contributed by atoms with Gasteiger partial charge in [0.1, 0.15) is 11.5 Å². The summed E-state index contributed by atoms with van der Waals surface area (Å²) < 4.78 is 12.3. The molecule has 2 aromatic rings. The number of thioether (sulfide) groups is 1. The molecule has 1 N–H and O–H groups in total. The van der Waals surface area contributed by atoms with Gasteiger partial charge < -0.3 is 19.3 Å². The molecule has 31 heavy (non-hydrogen) atoms. The molecule has 0 fully saturated rings. The van der Waals surface area contributed by atoms with Crippen molar-refractivity contribution in [2.24, 2.45) is 4.99 Å². The van der Waals surface area contributed by atoms with Crippen molar-refractivity contribution in [2.75, 3.05) is 31.6 Å². The number of likely N-dealkylation sites (N-methyl/N-ethyl adjacent to an activating group) is 1. The molecular formula is C23H24N4O3S. The van der Waals surface area contributed by atoms with Crippen LogP contribution < -0.4 is 19.7 Å². The van der Waals surface area contributed by atoms with E-state index in [1.165, 1.54) is 6.92 Å². The second kappa shape index (κ2) is 8.28. The Kier molecular flexibility index (Phi) is 5.33. The van der Waals surface area contributed by atoms with E-state index in [9.17, 15) is 4.79 Å². The molecule has 0 aliphatic carbocycles. The summed E-state index contributed by atoms with van der Waals surface area (Å²) in [6, 6.07) is 15.7. The predicted octanol–water partition coefficient (Wildman–Crippen LogP) is 3.14. The summed E-state index contributed by atoms with van der Waals surface area (Å²) in [5, 5.41) is 6.35. The smallest absolute Gasteiger partial charge is 0.212 e. The van der Waals surface area contributed by atoms with E-state index < -0.39 is 6.23 Å². The van der Waals surface area contributed by atoms with E-state index in [-0.39, 0.29) is 12.0 Å². The molecule has 160 valence electrons. The van der Waals surface area contributed by atoms with Gasteiger partial charge in [-0.2, -0.15) is 0 Å². The quantitative estimate of drug-likeness (QED) is 0.698. The number of fused-ring (bicyclic) bond motifs is 2. The molecule has 8 heteroatoms. The number of hydrogen-bond acceptors (Lipinski definition) is 8. The molecule has 0 saturated heterocycles. The topological polar surface area (TPSA) is 66.4 Å². The zero-order valence-corrected chi connectivity index (χ0v) is 18.3. The van der Waals surface area contributed by atoms with Crippen molar-refractivity contribution >= 4 is 34.1 Å². The highest BCUT2D eigenvalue weighted by Crippen LogP contribution is 2.39. The van der Waals surface area contributed by atoms with Gasteiger partial charge in [-0.15, -0.1) is 0 Å². The van der Waals surface area contributed by atoms with Gasteiger partial charge in [-0.05, 0) is 31.2 Å². The molecule has 3 aliphatic heterocycles. The van der Waals surface area contributed by atoms with E-state index in [1.54, 1.807) is 11.8 Å². The van der Waals surface area contributed by atoms with Gasteiger partial charge in [0.05, 0.1) is 24.5 Å². The van der Waals surface area contributed by atoms with Gasteiger partial charge in [0, 0.05) is 24.6 Å². The highest BCUT2D eigenvalue weighted by Gasteiger charge is 2.31. The van der Waals surface area contributed by atoms with E-state index >= 15 is 0 Å². The lowest BCUT2D eigenvalue weighted by Crippen LogP contribution is -2.54. The Balaban J connectivity index is 1.35. The number of nitrogens with zero attached hydrogens (tertiary/aromatic N) is 3. The van der Waals surface area contributed by atoms with Crippen LogP contribution in [-0.4, -0.2) is 55.0 Å². The van der Waals surface area contributed by atoms with Crippen LogP contribution in [-0.2, 0) is 4.79 Å². The summed E-state index contributed by atoms with van der Waals surface area (Å²) in [4.78, 5) is 21.3. The molecule has 7 nitrogen and oxygen atoms in total. The number of anilines is 1. The van der Waals surface area contributed by atoms with E-state index in [0.717, 1.165) is 41.0 Å². The molecule has 3 aliphatic rings. The lowest BCUT2D eigenvalue weighted by molar-refractivity contribution is -0.126. The Hall–Kier alpha value is -2.97. The van der Waals surface area contributed by atoms with Gasteiger partial charge in [0.15, 0.2) is 17.2 Å². The standard InChI is InChI=1S/C23H24N4O3S/c1-15(28)22(25-21-13-26(2)17-8-4-6-10-20(17)29-21)30-19-9-5-3-7-16(19)18-14-31-23-24-11-12-27(18)23/h3-10,14,21-22,25H,11-13H2,1-2H3. The number of rotatable bonds is 6. The van der Waals surface area contributed by atoms with Gasteiger partial charge >= 0.3 is 0 Å². The minimum absolute atomic E-state index is 0.113. The van der Waals surface area contributed by atoms with Gasteiger partial charge in [-0.3, -0.25) is 9.79 Å². The summed E-state index contributed by atoms with van der Waals surface area (Å²) in [5.41, 5.74) is 3.03. The van der Waals surface area contributed by atoms with E-state index in [2.05, 4.69) is 25.5 Å².